The highest BCUT2D eigenvalue weighted by atomic mass is 16.4. The van der Waals surface area contributed by atoms with Crippen LogP contribution in [0, 0.1) is 0 Å². The molecule has 0 fully saturated rings. The van der Waals surface area contributed by atoms with Gasteiger partial charge in [0.15, 0.2) is 0 Å². The standard InChI is InChI=1S/C38H51N11O18/c39-20(9-19-12-40-17-43-19)32(60)41-13-27(52)44-23(10-30(56)57)33(61)42-14-28(53)45-25(15-50)36(64)47-22(8-18-4-2-1-3-5-18)34(62)49-26(16-51)37(65)48-24(11-31(58)59)35(63)46-21(38(66)67)6-7-29(54)55/h1-5,12,17,20-26,50-51H,6-11,13-16,39H2,(H,40,43)(H,41,60)(H,42,61)(H,44,52)(H,45,53)(H,46,63)(H,47,64)(H,48,65)(H,49,62)(H,54,55)(H,56,57)(H,58,59)(H,66,67)/t20-,21-,22-,23-,24-,25-,26-/m0/s1. The molecule has 1 aromatic carbocycles. The predicted octanol–water partition coefficient (Wildman–Crippen LogP) is -7.45. The van der Waals surface area contributed by atoms with Gasteiger partial charge in [-0.05, 0) is 12.0 Å². The van der Waals surface area contributed by atoms with E-state index in [1.165, 1.54) is 24.7 Å². The topological polar surface area (TPSA) is 477 Å². The Balaban J connectivity index is 2.11. The van der Waals surface area contributed by atoms with Crippen molar-refractivity contribution < 1.29 is 88.2 Å². The number of carboxylic acids is 4. The molecule has 17 N–H and O–H groups in total. The van der Waals surface area contributed by atoms with Gasteiger partial charge in [-0.15, -0.1) is 0 Å². The number of hydrogen-bond donors (Lipinski definition) is 16. The number of aliphatic hydroxyl groups excluding tert-OH is 2. The van der Waals surface area contributed by atoms with Crippen LogP contribution in [0.5, 0.6) is 0 Å². The number of carbonyl (C=O) groups excluding carboxylic acids is 8. The number of aliphatic hydroxyl groups is 2. The Hall–Kier alpha value is -8.05. The van der Waals surface area contributed by atoms with Crippen molar-refractivity contribution in [2.45, 2.75) is 80.8 Å². The third-order valence-electron chi connectivity index (χ3n) is 9.05. The fourth-order valence-corrected chi connectivity index (χ4v) is 5.64. The Morgan fingerprint density at radius 3 is 1.52 bits per heavy atom. The number of carboxylic acid groups (broad SMARTS) is 4. The maximum atomic E-state index is 13.6. The van der Waals surface area contributed by atoms with Crippen LogP contribution in [0.4, 0.5) is 0 Å². The van der Waals surface area contributed by atoms with Crippen LogP contribution in [-0.4, -0.2) is 180 Å². The van der Waals surface area contributed by atoms with Crippen LogP contribution in [0.2, 0.25) is 0 Å². The molecule has 29 heteroatoms. The average molecular weight is 950 g/mol. The molecule has 8 amide bonds. The van der Waals surface area contributed by atoms with E-state index in [0.717, 1.165) is 0 Å². The first-order valence-electron chi connectivity index (χ1n) is 19.9. The second kappa shape index (κ2) is 28.0. The minimum atomic E-state index is -2.01. The van der Waals surface area contributed by atoms with Crippen LogP contribution < -0.4 is 48.3 Å². The zero-order valence-electron chi connectivity index (χ0n) is 35.3. The van der Waals surface area contributed by atoms with E-state index in [4.69, 9.17) is 10.8 Å². The molecule has 67 heavy (non-hydrogen) atoms. The fraction of sp³-hybridized carbons (Fsp3) is 0.447. The first kappa shape index (κ1) is 55.1. The molecule has 0 aliphatic rings. The first-order valence-corrected chi connectivity index (χ1v) is 19.9. The average Bonchev–Trinajstić information content (AvgIpc) is 3.78. The Morgan fingerprint density at radius 2 is 1.01 bits per heavy atom. The van der Waals surface area contributed by atoms with Gasteiger partial charge < -0.3 is 83.9 Å². The zero-order chi connectivity index (χ0) is 50.2. The summed E-state index contributed by atoms with van der Waals surface area (Å²) in [6.45, 7) is -3.95. The van der Waals surface area contributed by atoms with Crippen molar-refractivity contribution in [3.8, 4) is 0 Å². The molecule has 0 saturated carbocycles. The van der Waals surface area contributed by atoms with Crippen LogP contribution in [0.1, 0.15) is 36.9 Å². The minimum absolute atomic E-state index is 0.0409. The number of hydrogen-bond acceptors (Lipinski definition) is 16. The van der Waals surface area contributed by atoms with E-state index >= 15 is 0 Å². The van der Waals surface area contributed by atoms with Crippen molar-refractivity contribution in [3.05, 3.63) is 54.1 Å². The maximum absolute atomic E-state index is 13.6. The lowest BCUT2D eigenvalue weighted by Crippen LogP contribution is -2.60. The fourth-order valence-electron chi connectivity index (χ4n) is 5.64. The molecule has 0 aliphatic carbocycles. The first-order chi connectivity index (χ1) is 31.6. The minimum Gasteiger partial charge on any atom is -0.481 e. The van der Waals surface area contributed by atoms with Gasteiger partial charge in [0.25, 0.3) is 0 Å². The number of aromatic nitrogens is 2. The second-order valence-electron chi connectivity index (χ2n) is 14.3. The van der Waals surface area contributed by atoms with Gasteiger partial charge in [-0.2, -0.15) is 0 Å². The molecule has 7 atom stereocenters. The van der Waals surface area contributed by atoms with Crippen molar-refractivity contribution in [3.63, 3.8) is 0 Å². The van der Waals surface area contributed by atoms with Crippen LogP contribution >= 0.6 is 0 Å². The quantitative estimate of drug-likeness (QED) is 0.0346. The molecular formula is C38H51N11O18. The molecule has 0 bridgehead atoms. The van der Waals surface area contributed by atoms with Gasteiger partial charge in [0, 0.05) is 31.2 Å². The summed E-state index contributed by atoms with van der Waals surface area (Å²) in [7, 11) is 0. The predicted molar refractivity (Wildman–Crippen MR) is 221 cm³/mol. The summed E-state index contributed by atoms with van der Waals surface area (Å²) >= 11 is 0. The van der Waals surface area contributed by atoms with Crippen molar-refractivity contribution in [1.82, 2.24) is 52.5 Å². The van der Waals surface area contributed by atoms with E-state index in [1.807, 2.05) is 10.6 Å². The molecule has 0 radical (unpaired) electrons. The third kappa shape index (κ3) is 20.6. The van der Waals surface area contributed by atoms with Crippen LogP contribution in [0.3, 0.4) is 0 Å². The number of aliphatic carboxylic acids is 4. The molecule has 1 heterocycles. The van der Waals surface area contributed by atoms with Crippen LogP contribution in [0.25, 0.3) is 0 Å². The number of rotatable bonds is 30. The second-order valence-corrected chi connectivity index (χ2v) is 14.3. The maximum Gasteiger partial charge on any atom is 0.326 e. The van der Waals surface area contributed by atoms with Gasteiger partial charge in [0.2, 0.25) is 47.3 Å². The molecular weight excluding hydrogens is 898 g/mol. The highest BCUT2D eigenvalue weighted by Crippen LogP contribution is 2.07. The SMILES string of the molecule is N[C@@H](Cc1cnc[nH]1)C(=O)NCC(=O)N[C@@H](CC(=O)O)C(=O)NCC(=O)N[C@@H](CO)C(=O)N[C@@H](Cc1ccccc1)C(=O)N[C@@H](CO)C(=O)N[C@@H](CC(=O)O)C(=O)N[C@@H](CCC(=O)O)C(=O)O. The highest BCUT2D eigenvalue weighted by molar-refractivity contribution is 5.98. The molecule has 0 saturated heterocycles. The number of nitrogens with one attached hydrogen (secondary N) is 9. The number of amides is 8. The monoisotopic (exact) mass is 949 g/mol. The van der Waals surface area contributed by atoms with Crippen molar-refractivity contribution in [2.75, 3.05) is 26.3 Å². The largest absolute Gasteiger partial charge is 0.481 e. The lowest BCUT2D eigenvalue weighted by molar-refractivity contribution is -0.144. The van der Waals surface area contributed by atoms with Crippen LogP contribution in [-0.2, 0) is 70.4 Å². The molecule has 29 nitrogen and oxygen atoms in total. The summed E-state index contributed by atoms with van der Waals surface area (Å²) in [5.41, 5.74) is 6.74. The van der Waals surface area contributed by atoms with Gasteiger partial charge in [-0.1, -0.05) is 30.3 Å². The Bertz CT molecular complexity index is 2090. The Morgan fingerprint density at radius 1 is 0.552 bits per heavy atom. The molecule has 2 rings (SSSR count). The van der Waals surface area contributed by atoms with Crippen LogP contribution in [0.15, 0.2) is 42.9 Å². The number of imidazole rings is 1. The summed E-state index contributed by atoms with van der Waals surface area (Å²) in [4.78, 5) is 155. The molecule has 1 aromatic heterocycles. The summed E-state index contributed by atoms with van der Waals surface area (Å²) in [6, 6.07) is -4.30. The number of H-pyrrole nitrogens is 1. The molecule has 0 aliphatic heterocycles. The van der Waals surface area contributed by atoms with Crippen molar-refractivity contribution in [2.24, 2.45) is 5.73 Å². The smallest absolute Gasteiger partial charge is 0.326 e. The van der Waals surface area contributed by atoms with Gasteiger partial charge in [-0.25, -0.2) is 9.78 Å². The lowest BCUT2D eigenvalue weighted by Gasteiger charge is -2.26. The van der Waals surface area contributed by atoms with Gasteiger partial charge in [0.05, 0.1) is 51.5 Å². The molecule has 2 aromatic rings. The van der Waals surface area contributed by atoms with Gasteiger partial charge in [-0.3, -0.25) is 52.7 Å². The van der Waals surface area contributed by atoms with Crippen molar-refractivity contribution in [1.29, 1.82) is 0 Å². The number of benzene rings is 1. The Labute approximate surface area is 378 Å². The third-order valence-corrected chi connectivity index (χ3v) is 9.05. The summed E-state index contributed by atoms with van der Waals surface area (Å²) in [5.74, 6) is -15.5. The van der Waals surface area contributed by atoms with E-state index < -0.39 is 165 Å². The van der Waals surface area contributed by atoms with Crippen molar-refractivity contribution >= 4 is 71.1 Å². The Kier molecular flexibility index (Phi) is 23.0. The molecule has 0 unspecified atom stereocenters. The molecule has 366 valence electrons. The number of carbonyl (C=O) groups is 12. The summed E-state index contributed by atoms with van der Waals surface area (Å²) in [6.07, 6.45) is -0.911. The number of nitrogens with two attached hydrogens (primary N) is 1. The van der Waals surface area contributed by atoms with E-state index in [2.05, 4.69) is 41.9 Å². The molecule has 0 spiro atoms. The van der Waals surface area contributed by atoms with E-state index in [0.29, 0.717) is 11.3 Å². The van der Waals surface area contributed by atoms with E-state index in [1.54, 1.807) is 18.2 Å². The normalized spacial score (nSPS) is 13.8. The number of aromatic amines is 1. The van der Waals surface area contributed by atoms with Gasteiger partial charge in [0.1, 0.15) is 36.3 Å². The zero-order valence-corrected chi connectivity index (χ0v) is 35.3. The number of nitrogens with zero attached hydrogens (tertiary/aromatic N) is 1. The van der Waals surface area contributed by atoms with Gasteiger partial charge >= 0.3 is 23.9 Å². The van der Waals surface area contributed by atoms with E-state index in [9.17, 15) is 83.1 Å². The summed E-state index contributed by atoms with van der Waals surface area (Å²) < 4.78 is 0. The van der Waals surface area contributed by atoms with E-state index in [-0.39, 0.29) is 12.8 Å². The lowest BCUT2D eigenvalue weighted by atomic mass is 10.0. The highest BCUT2D eigenvalue weighted by Gasteiger charge is 2.34. The summed E-state index contributed by atoms with van der Waals surface area (Å²) in [5, 5.41) is 73.6.